The summed E-state index contributed by atoms with van der Waals surface area (Å²) in [6.07, 6.45) is 25.5. The van der Waals surface area contributed by atoms with Gasteiger partial charge in [-0.3, -0.25) is 0 Å². The van der Waals surface area contributed by atoms with Crippen molar-refractivity contribution in [3.8, 4) is 0 Å². The molecule has 3 heteroatoms. The molecule has 0 rings (SSSR count). The molecule has 34 heavy (non-hydrogen) atoms. The first-order valence-electron chi connectivity index (χ1n) is 17.6. The smallest absolute Gasteiger partial charge is 0.104 e. The van der Waals surface area contributed by atoms with Crippen LogP contribution in [0.3, 0.4) is 0 Å². The lowest BCUT2D eigenvalue weighted by atomic mass is 10.1. The van der Waals surface area contributed by atoms with Gasteiger partial charge in [0, 0.05) is 13.2 Å². The van der Waals surface area contributed by atoms with Crippen molar-refractivity contribution in [3.63, 3.8) is 0 Å². The minimum absolute atomic E-state index is 0.0163. The van der Waals surface area contributed by atoms with Crippen LogP contribution < -0.4 is 0 Å². The Labute approximate surface area is 222 Å². The highest BCUT2D eigenvalue weighted by atomic mass is 16.5. The van der Waals surface area contributed by atoms with Gasteiger partial charge >= 0.3 is 0 Å². The van der Waals surface area contributed by atoms with E-state index in [9.17, 15) is 5.11 Å². The van der Waals surface area contributed by atoms with Crippen molar-refractivity contribution in [2.75, 3.05) is 26.3 Å². The van der Waals surface area contributed by atoms with Crippen molar-refractivity contribution in [3.05, 3.63) is 0 Å². The van der Waals surface area contributed by atoms with Gasteiger partial charge in [-0.1, -0.05) is 155 Å². The highest BCUT2D eigenvalue weighted by Crippen LogP contribution is 2.13. The predicted molar refractivity (Wildman–Crippen MR) is 150 cm³/mol. The molecular formula is C31H64O3. The molecule has 0 unspecified atom stereocenters. The second kappa shape index (κ2) is 30.9. The fourth-order valence-electron chi connectivity index (χ4n) is 4.33. The number of unbranched alkanes of at least 4 members (excludes halogenated alkanes) is 22. The molecule has 0 saturated carbocycles. The van der Waals surface area contributed by atoms with Gasteiger partial charge in [-0.2, -0.15) is 0 Å². The van der Waals surface area contributed by atoms with Crippen LogP contribution in [0.2, 0.25) is 0 Å². The summed E-state index contributed by atoms with van der Waals surface area (Å²) in [6.45, 7) is -1.39. The summed E-state index contributed by atoms with van der Waals surface area (Å²) >= 11 is 0. The Morgan fingerprint density at radius 1 is 0.529 bits per heavy atom. The van der Waals surface area contributed by atoms with Crippen LogP contribution in [0.4, 0.5) is 0 Å². The third kappa shape index (κ3) is 28.1. The Bertz CT molecular complexity index is 531. The molecule has 0 aliphatic carbocycles. The van der Waals surface area contributed by atoms with Crippen molar-refractivity contribution in [2.24, 2.45) is 0 Å². The Kier molecular flexibility index (Phi) is 23.2. The van der Waals surface area contributed by atoms with Crippen molar-refractivity contribution in [1.82, 2.24) is 0 Å². The van der Waals surface area contributed by atoms with E-state index in [1.165, 1.54) is 103 Å². The molecule has 0 aromatic rings. The molecule has 0 bridgehead atoms. The van der Waals surface area contributed by atoms with E-state index in [0.29, 0.717) is 12.8 Å². The SMILES string of the molecule is [2H]C([2H])(O)[C@@]([2H])(OCCCCCCCCCCCCCC)C([2H])([2H])OCCCCCCCCCCCCCC. The first-order chi connectivity index (χ1) is 18.6. The lowest BCUT2D eigenvalue weighted by Gasteiger charge is -2.15. The summed E-state index contributed by atoms with van der Waals surface area (Å²) in [5.41, 5.74) is 0. The van der Waals surface area contributed by atoms with E-state index in [4.69, 9.17) is 16.3 Å². The van der Waals surface area contributed by atoms with E-state index >= 15 is 0 Å². The van der Waals surface area contributed by atoms with Crippen molar-refractivity contribution in [1.29, 1.82) is 0 Å². The zero-order valence-electron chi connectivity index (χ0n) is 28.1. The Balaban J connectivity index is 4.02. The maximum atomic E-state index is 9.97. The van der Waals surface area contributed by atoms with E-state index in [1.807, 2.05) is 0 Å². The molecule has 1 N–H and O–H groups in total. The maximum absolute atomic E-state index is 9.97. The third-order valence-corrected chi connectivity index (χ3v) is 6.61. The van der Waals surface area contributed by atoms with E-state index in [2.05, 4.69) is 13.8 Å². The number of hydrogen-bond acceptors (Lipinski definition) is 3. The van der Waals surface area contributed by atoms with Crippen LogP contribution in [-0.2, 0) is 9.47 Å². The molecular weight excluding hydrogens is 420 g/mol. The van der Waals surface area contributed by atoms with Crippen LogP contribution in [0.1, 0.15) is 175 Å². The number of ether oxygens (including phenoxy) is 2. The molecule has 0 heterocycles. The van der Waals surface area contributed by atoms with E-state index < -0.39 is 19.2 Å². The van der Waals surface area contributed by atoms with Crippen LogP contribution in [0.5, 0.6) is 0 Å². The highest BCUT2D eigenvalue weighted by Gasteiger charge is 2.07. The molecule has 0 aromatic heterocycles. The Morgan fingerprint density at radius 2 is 0.853 bits per heavy atom. The largest absolute Gasteiger partial charge is 0.394 e. The molecule has 0 amide bonds. The van der Waals surface area contributed by atoms with Gasteiger partial charge in [0.05, 0.1) is 20.0 Å². The minimum Gasteiger partial charge on any atom is -0.394 e. The lowest BCUT2D eigenvalue weighted by Crippen LogP contribution is -2.24. The summed E-state index contributed by atoms with van der Waals surface area (Å²) < 4.78 is 50.7. The summed E-state index contributed by atoms with van der Waals surface area (Å²) in [4.78, 5) is 0. The molecule has 0 aromatic carbocycles. The number of hydrogen-bond donors (Lipinski definition) is 1. The fourth-order valence-corrected chi connectivity index (χ4v) is 4.33. The molecule has 0 aliphatic rings. The summed E-state index contributed by atoms with van der Waals surface area (Å²) in [6, 6.07) is 0. The first-order valence-corrected chi connectivity index (χ1v) is 15.1. The topological polar surface area (TPSA) is 38.7 Å². The summed E-state index contributed by atoms with van der Waals surface area (Å²) in [5.74, 6) is 0. The van der Waals surface area contributed by atoms with Crippen LogP contribution in [0, 0.1) is 0 Å². The Hall–Kier alpha value is -0.120. The zero-order valence-corrected chi connectivity index (χ0v) is 23.1. The molecule has 0 aliphatic heterocycles. The van der Waals surface area contributed by atoms with Crippen LogP contribution in [0.15, 0.2) is 0 Å². The van der Waals surface area contributed by atoms with Crippen LogP contribution in [-0.4, -0.2) is 37.5 Å². The van der Waals surface area contributed by atoms with E-state index in [0.717, 1.165) is 38.5 Å². The summed E-state index contributed by atoms with van der Waals surface area (Å²) in [7, 11) is 0. The van der Waals surface area contributed by atoms with Crippen molar-refractivity contribution in [2.45, 2.75) is 174 Å². The molecule has 1 atom stereocenters. The van der Waals surface area contributed by atoms with Gasteiger partial charge < -0.3 is 14.6 Å². The van der Waals surface area contributed by atoms with Gasteiger partial charge in [0.15, 0.2) is 0 Å². The number of rotatable bonds is 30. The van der Waals surface area contributed by atoms with Gasteiger partial charge in [0.2, 0.25) is 0 Å². The normalized spacial score (nSPS) is 16.4. The third-order valence-electron chi connectivity index (χ3n) is 6.61. The van der Waals surface area contributed by atoms with Gasteiger partial charge in [-0.05, 0) is 12.8 Å². The van der Waals surface area contributed by atoms with Gasteiger partial charge in [0.25, 0.3) is 0 Å². The van der Waals surface area contributed by atoms with Crippen molar-refractivity contribution < 1.29 is 21.4 Å². The van der Waals surface area contributed by atoms with Crippen LogP contribution in [0.25, 0.3) is 0 Å². The quantitative estimate of drug-likeness (QED) is 0.102. The second-order valence-electron chi connectivity index (χ2n) is 10.0. The molecule has 206 valence electrons. The monoisotopic (exact) mass is 490 g/mol. The van der Waals surface area contributed by atoms with E-state index in [-0.39, 0.29) is 13.2 Å². The average Bonchev–Trinajstić information content (AvgIpc) is 2.88. The fraction of sp³-hybridized carbons (Fsp3) is 1.00. The number of aliphatic hydroxyl groups is 1. The van der Waals surface area contributed by atoms with E-state index in [1.54, 1.807) is 0 Å². The predicted octanol–water partition coefficient (Wildman–Crippen LogP) is 9.78. The highest BCUT2D eigenvalue weighted by molar-refractivity contribution is 4.55. The lowest BCUT2D eigenvalue weighted by molar-refractivity contribution is -0.0437. The first kappa shape index (κ1) is 25.5. The molecule has 0 fully saturated rings. The standard InChI is InChI=1S/C31H64O3/c1-3-5-7-9-11-13-15-17-19-21-23-25-27-33-30-31(29-32)34-28-26-24-22-20-18-16-14-12-10-8-6-4-2/h31-32H,3-30H2,1-2H3/t31-/m1/s1/i29D2,30D2,31D. The molecule has 3 nitrogen and oxygen atoms in total. The minimum atomic E-state index is -3.19. The molecule has 0 radical (unpaired) electrons. The van der Waals surface area contributed by atoms with Crippen molar-refractivity contribution >= 4 is 0 Å². The maximum Gasteiger partial charge on any atom is 0.104 e. The second-order valence-corrected chi connectivity index (χ2v) is 10.0. The van der Waals surface area contributed by atoms with Gasteiger partial charge in [0.1, 0.15) is 6.08 Å². The van der Waals surface area contributed by atoms with Crippen LogP contribution >= 0.6 is 0 Å². The van der Waals surface area contributed by atoms with Gasteiger partial charge in [-0.25, -0.2) is 0 Å². The Morgan fingerprint density at radius 3 is 1.21 bits per heavy atom. The average molecular weight is 490 g/mol. The molecule has 0 saturated heterocycles. The van der Waals surface area contributed by atoms with Gasteiger partial charge in [-0.15, -0.1) is 0 Å². The summed E-state index contributed by atoms with van der Waals surface area (Å²) in [5, 5.41) is 9.97. The molecule has 0 spiro atoms. The zero-order chi connectivity index (χ0) is 29.3.